The number of rotatable bonds is 6. The molecule has 262 valence electrons. The molecule has 0 aliphatic rings. The van der Waals surface area contributed by atoms with Crippen molar-refractivity contribution in [1.29, 1.82) is 0 Å². The fourth-order valence-corrected chi connectivity index (χ4v) is 10.1. The van der Waals surface area contributed by atoms with E-state index >= 15 is 0 Å². The Morgan fingerprint density at radius 3 is 1.50 bits per heavy atom. The van der Waals surface area contributed by atoms with Crippen LogP contribution in [0.1, 0.15) is 0 Å². The molecule has 0 saturated carbocycles. The molecule has 11 rings (SSSR count). The summed E-state index contributed by atoms with van der Waals surface area (Å²) in [6, 6.07) is 66.9. The van der Waals surface area contributed by atoms with Crippen LogP contribution < -0.4 is 0 Å². The summed E-state index contributed by atoms with van der Waals surface area (Å²) in [5.41, 5.74) is 10.2. The Balaban J connectivity index is 1.01. The first kappa shape index (κ1) is 32.6. The summed E-state index contributed by atoms with van der Waals surface area (Å²) in [5, 5.41) is 5.10. The molecule has 0 fully saturated rings. The maximum atomic E-state index is 5.07. The Morgan fingerprint density at radius 2 is 0.768 bits per heavy atom. The van der Waals surface area contributed by atoms with Crippen LogP contribution in [-0.4, -0.2) is 15.0 Å². The zero-order valence-electron chi connectivity index (χ0n) is 30.1. The monoisotopic (exact) mass is 749 g/mol. The molecule has 8 aromatic carbocycles. The first-order chi connectivity index (χ1) is 27.7. The van der Waals surface area contributed by atoms with Crippen molar-refractivity contribution in [3.05, 3.63) is 188 Å². The molecule has 0 spiro atoms. The first-order valence-electron chi connectivity index (χ1n) is 18.7. The molecule has 0 unspecified atom stereocenters. The molecular formula is C51H31N3S2. The van der Waals surface area contributed by atoms with Crippen LogP contribution in [0.4, 0.5) is 0 Å². The molecule has 5 heteroatoms. The molecule has 56 heavy (non-hydrogen) atoms. The Hall–Kier alpha value is -6.79. The number of aromatic nitrogens is 3. The molecule has 0 saturated heterocycles. The van der Waals surface area contributed by atoms with E-state index in [1.807, 2.05) is 46.9 Å². The van der Waals surface area contributed by atoms with E-state index in [1.165, 1.54) is 68.2 Å². The second-order valence-electron chi connectivity index (χ2n) is 14.0. The van der Waals surface area contributed by atoms with E-state index in [1.54, 1.807) is 0 Å². The van der Waals surface area contributed by atoms with Crippen molar-refractivity contribution in [2.24, 2.45) is 0 Å². The second-order valence-corrected chi connectivity index (χ2v) is 16.1. The van der Waals surface area contributed by atoms with Crippen LogP contribution in [0.5, 0.6) is 0 Å². The summed E-state index contributed by atoms with van der Waals surface area (Å²) in [6.45, 7) is 0. The van der Waals surface area contributed by atoms with Gasteiger partial charge in [-0.25, -0.2) is 15.0 Å². The molecule has 0 bridgehead atoms. The number of fused-ring (bicyclic) bond motifs is 6. The number of nitrogens with zero attached hydrogens (tertiary/aromatic N) is 3. The largest absolute Gasteiger partial charge is 0.208 e. The normalized spacial score (nSPS) is 11.6. The van der Waals surface area contributed by atoms with E-state index in [4.69, 9.17) is 15.0 Å². The highest BCUT2D eigenvalue weighted by atomic mass is 32.1. The molecule has 0 N–H and O–H groups in total. The van der Waals surface area contributed by atoms with Gasteiger partial charge in [0.25, 0.3) is 0 Å². The van der Waals surface area contributed by atoms with Crippen LogP contribution in [0.15, 0.2) is 188 Å². The molecule has 0 aliphatic carbocycles. The first-order valence-corrected chi connectivity index (χ1v) is 20.3. The van der Waals surface area contributed by atoms with E-state index in [2.05, 4.69) is 164 Å². The van der Waals surface area contributed by atoms with Crippen LogP contribution >= 0.6 is 22.7 Å². The third-order valence-electron chi connectivity index (χ3n) is 10.5. The van der Waals surface area contributed by atoms with Crippen LogP contribution in [0.25, 0.3) is 108 Å². The second kappa shape index (κ2) is 13.5. The minimum absolute atomic E-state index is 0.653. The van der Waals surface area contributed by atoms with Crippen molar-refractivity contribution in [2.75, 3.05) is 0 Å². The van der Waals surface area contributed by atoms with Crippen molar-refractivity contribution < 1.29 is 0 Å². The third kappa shape index (κ3) is 5.77. The molecular weight excluding hydrogens is 719 g/mol. The van der Waals surface area contributed by atoms with Crippen molar-refractivity contribution in [2.45, 2.75) is 0 Å². The van der Waals surface area contributed by atoms with E-state index in [0.29, 0.717) is 17.5 Å². The summed E-state index contributed by atoms with van der Waals surface area (Å²) in [4.78, 5) is 15.1. The maximum Gasteiger partial charge on any atom is 0.164 e. The van der Waals surface area contributed by atoms with Gasteiger partial charge < -0.3 is 0 Å². The smallest absolute Gasteiger partial charge is 0.164 e. The summed E-state index contributed by atoms with van der Waals surface area (Å²) in [7, 11) is 0. The van der Waals surface area contributed by atoms with Crippen molar-refractivity contribution in [3.63, 3.8) is 0 Å². The van der Waals surface area contributed by atoms with Gasteiger partial charge in [-0.1, -0.05) is 152 Å². The van der Waals surface area contributed by atoms with Gasteiger partial charge in [0.05, 0.1) is 0 Å². The van der Waals surface area contributed by atoms with Gasteiger partial charge in [-0.2, -0.15) is 0 Å². The highest BCUT2D eigenvalue weighted by molar-refractivity contribution is 7.26. The molecule has 3 nitrogen and oxygen atoms in total. The van der Waals surface area contributed by atoms with Gasteiger partial charge in [0.2, 0.25) is 0 Å². The molecule has 0 radical (unpaired) electrons. The van der Waals surface area contributed by atoms with Crippen LogP contribution in [0.3, 0.4) is 0 Å². The molecule has 0 atom stereocenters. The minimum atomic E-state index is 0.653. The summed E-state index contributed by atoms with van der Waals surface area (Å²) >= 11 is 3.69. The van der Waals surface area contributed by atoms with E-state index in [0.717, 1.165) is 22.3 Å². The van der Waals surface area contributed by atoms with Gasteiger partial charge in [0.1, 0.15) is 0 Å². The summed E-state index contributed by atoms with van der Waals surface area (Å²) in [6.07, 6.45) is 0. The Bertz CT molecular complexity index is 3220. The summed E-state index contributed by atoms with van der Waals surface area (Å²) in [5.74, 6) is 1.97. The molecule has 0 aliphatic heterocycles. The van der Waals surface area contributed by atoms with Gasteiger partial charge in [0, 0.05) is 62.6 Å². The van der Waals surface area contributed by atoms with Gasteiger partial charge in [-0.15, -0.1) is 22.7 Å². The molecule has 11 aromatic rings. The van der Waals surface area contributed by atoms with Gasteiger partial charge in [0.15, 0.2) is 17.5 Å². The van der Waals surface area contributed by atoms with Crippen molar-refractivity contribution >= 4 is 63.0 Å². The Labute approximate surface area is 331 Å². The lowest BCUT2D eigenvalue weighted by Gasteiger charge is -2.10. The highest BCUT2D eigenvalue weighted by Gasteiger charge is 2.17. The van der Waals surface area contributed by atoms with Crippen LogP contribution in [0.2, 0.25) is 0 Å². The topological polar surface area (TPSA) is 38.7 Å². The molecule has 3 heterocycles. The lowest BCUT2D eigenvalue weighted by atomic mass is 9.95. The Kier molecular flexibility index (Phi) is 7.87. The quantitative estimate of drug-likeness (QED) is 0.170. The summed E-state index contributed by atoms with van der Waals surface area (Å²) < 4.78 is 5.10. The number of thiophene rings is 2. The average Bonchev–Trinajstić information content (AvgIpc) is 3.84. The SMILES string of the molecule is c1ccc(-c2ccc(-c3nc(-c4ccccc4)nc(-c4ccc5c(c4)sc4ccc(-c6cc(-c7ccccc7)c7sc8ccccc8c7c6)cc45)n3)cc2)cc1. The molecule has 0 amide bonds. The molecule has 3 aromatic heterocycles. The highest BCUT2D eigenvalue weighted by Crippen LogP contribution is 2.44. The third-order valence-corrected chi connectivity index (χ3v) is 12.9. The van der Waals surface area contributed by atoms with Gasteiger partial charge in [-0.05, 0) is 64.2 Å². The van der Waals surface area contributed by atoms with E-state index in [-0.39, 0.29) is 0 Å². The standard InChI is InChI=1S/C51H31N3S2/c1-4-12-32(13-5-1)33-20-22-36(23-21-33)50-52-49(35-16-8-3-9-17-35)53-51(54-50)38-24-26-41-43-28-37(25-27-46(43)55-47(41)31-38)39-29-42(34-14-6-2-7-15-34)48-44(30-39)40-18-10-11-19-45(40)56-48/h1-31H. The van der Waals surface area contributed by atoms with Crippen LogP contribution in [-0.2, 0) is 0 Å². The zero-order chi connectivity index (χ0) is 37.0. The minimum Gasteiger partial charge on any atom is -0.208 e. The fraction of sp³-hybridized carbons (Fsp3) is 0. The van der Waals surface area contributed by atoms with Gasteiger partial charge >= 0.3 is 0 Å². The number of hydrogen-bond acceptors (Lipinski definition) is 5. The number of hydrogen-bond donors (Lipinski definition) is 0. The van der Waals surface area contributed by atoms with E-state index in [9.17, 15) is 0 Å². The maximum absolute atomic E-state index is 5.07. The van der Waals surface area contributed by atoms with Crippen molar-refractivity contribution in [3.8, 4) is 67.5 Å². The lowest BCUT2D eigenvalue weighted by Crippen LogP contribution is -2.00. The van der Waals surface area contributed by atoms with Gasteiger partial charge in [-0.3, -0.25) is 0 Å². The number of benzene rings is 8. The zero-order valence-corrected chi connectivity index (χ0v) is 31.7. The predicted octanol–water partition coefficient (Wildman–Crippen LogP) is 14.6. The van der Waals surface area contributed by atoms with Crippen molar-refractivity contribution in [1.82, 2.24) is 15.0 Å². The lowest BCUT2D eigenvalue weighted by molar-refractivity contribution is 1.07. The predicted molar refractivity (Wildman–Crippen MR) is 238 cm³/mol. The van der Waals surface area contributed by atoms with E-state index < -0.39 is 0 Å². The Morgan fingerprint density at radius 1 is 0.268 bits per heavy atom. The fourth-order valence-electron chi connectivity index (χ4n) is 7.71. The van der Waals surface area contributed by atoms with Crippen LogP contribution in [0, 0.1) is 0 Å². The average molecular weight is 750 g/mol.